The van der Waals surface area contributed by atoms with Crippen LogP contribution < -0.4 is 0 Å². The van der Waals surface area contributed by atoms with Crippen LogP contribution in [-0.2, 0) is 0 Å². The lowest BCUT2D eigenvalue weighted by atomic mass is 10.0. The highest BCUT2D eigenvalue weighted by molar-refractivity contribution is 8.01. The van der Waals surface area contributed by atoms with Gasteiger partial charge in [0.1, 0.15) is 0 Å². The molecule has 0 spiro atoms. The fourth-order valence-electron chi connectivity index (χ4n) is 2.31. The third-order valence-electron chi connectivity index (χ3n) is 3.51. The number of carbonyl (C=O) groups excluding carboxylic acids is 1. The van der Waals surface area contributed by atoms with Gasteiger partial charge in [-0.2, -0.15) is 0 Å². The van der Waals surface area contributed by atoms with E-state index in [1.165, 1.54) is 18.0 Å². The molecule has 21 heavy (non-hydrogen) atoms. The summed E-state index contributed by atoms with van der Waals surface area (Å²) in [6.45, 7) is 0. The lowest BCUT2D eigenvalue weighted by Crippen LogP contribution is -2.05. The average molecular weight is 340 g/mol. The number of benzene rings is 1. The van der Waals surface area contributed by atoms with Gasteiger partial charge in [-0.3, -0.25) is 4.79 Å². The molecule has 0 atom stereocenters. The SMILES string of the molecule is CSc1c(Cl)ccc(C(=O)c2cnoc2C2CC2)c1SC. The molecule has 1 aromatic carbocycles. The van der Waals surface area contributed by atoms with Crippen LogP contribution in [0.3, 0.4) is 0 Å². The van der Waals surface area contributed by atoms with Gasteiger partial charge in [0.15, 0.2) is 11.5 Å². The van der Waals surface area contributed by atoms with E-state index in [4.69, 9.17) is 16.1 Å². The van der Waals surface area contributed by atoms with Crippen molar-refractivity contribution < 1.29 is 9.32 Å². The molecular weight excluding hydrogens is 326 g/mol. The minimum Gasteiger partial charge on any atom is -0.360 e. The molecule has 2 aromatic rings. The Kier molecular flexibility index (Phi) is 4.33. The third-order valence-corrected chi connectivity index (χ3v) is 5.73. The molecule has 1 aromatic heterocycles. The van der Waals surface area contributed by atoms with E-state index >= 15 is 0 Å². The van der Waals surface area contributed by atoms with Crippen molar-refractivity contribution in [2.24, 2.45) is 0 Å². The summed E-state index contributed by atoms with van der Waals surface area (Å²) in [5, 5.41) is 4.49. The van der Waals surface area contributed by atoms with Gasteiger partial charge in [-0.15, -0.1) is 23.5 Å². The molecule has 1 fully saturated rings. The molecule has 0 amide bonds. The summed E-state index contributed by atoms with van der Waals surface area (Å²) < 4.78 is 5.28. The average Bonchev–Trinajstić information content (AvgIpc) is 3.23. The summed E-state index contributed by atoms with van der Waals surface area (Å²) >= 11 is 9.32. The van der Waals surface area contributed by atoms with Gasteiger partial charge in [0.2, 0.25) is 0 Å². The monoisotopic (exact) mass is 339 g/mol. The van der Waals surface area contributed by atoms with Crippen molar-refractivity contribution in [1.29, 1.82) is 0 Å². The molecule has 0 aliphatic heterocycles. The number of rotatable bonds is 5. The van der Waals surface area contributed by atoms with Gasteiger partial charge >= 0.3 is 0 Å². The molecule has 0 saturated heterocycles. The third kappa shape index (κ3) is 2.74. The van der Waals surface area contributed by atoms with Gasteiger partial charge in [0.05, 0.1) is 16.8 Å². The zero-order chi connectivity index (χ0) is 15.0. The first-order chi connectivity index (χ1) is 10.2. The van der Waals surface area contributed by atoms with Crippen molar-refractivity contribution >= 4 is 40.9 Å². The number of carbonyl (C=O) groups is 1. The number of aromatic nitrogens is 1. The smallest absolute Gasteiger partial charge is 0.199 e. The van der Waals surface area contributed by atoms with E-state index in [-0.39, 0.29) is 5.78 Å². The molecule has 110 valence electrons. The Bertz CT molecular complexity index is 695. The molecule has 1 heterocycles. The Hall–Kier alpha value is -0.910. The molecule has 1 aliphatic rings. The molecule has 0 bridgehead atoms. The van der Waals surface area contributed by atoms with Gasteiger partial charge in [-0.05, 0) is 37.5 Å². The van der Waals surface area contributed by atoms with Crippen molar-refractivity contribution in [2.75, 3.05) is 12.5 Å². The van der Waals surface area contributed by atoms with Crippen molar-refractivity contribution in [1.82, 2.24) is 5.16 Å². The second-order valence-corrected chi connectivity index (χ2v) is 6.91. The number of thioether (sulfide) groups is 2. The number of halogens is 1. The molecule has 3 nitrogen and oxygen atoms in total. The Morgan fingerprint density at radius 3 is 2.57 bits per heavy atom. The van der Waals surface area contributed by atoms with Crippen LogP contribution in [0.5, 0.6) is 0 Å². The Morgan fingerprint density at radius 2 is 1.95 bits per heavy atom. The molecule has 1 saturated carbocycles. The Morgan fingerprint density at radius 1 is 1.24 bits per heavy atom. The molecule has 0 N–H and O–H groups in total. The second kappa shape index (κ2) is 6.07. The van der Waals surface area contributed by atoms with Crippen LogP contribution in [0.4, 0.5) is 0 Å². The zero-order valence-corrected chi connectivity index (χ0v) is 14.1. The Labute approximate surface area is 136 Å². The van der Waals surface area contributed by atoms with Crippen LogP contribution >= 0.6 is 35.1 Å². The van der Waals surface area contributed by atoms with E-state index in [0.29, 0.717) is 22.1 Å². The summed E-state index contributed by atoms with van der Waals surface area (Å²) in [7, 11) is 0. The van der Waals surface area contributed by atoms with E-state index in [2.05, 4.69) is 5.16 Å². The highest BCUT2D eigenvalue weighted by Gasteiger charge is 2.33. The summed E-state index contributed by atoms with van der Waals surface area (Å²) in [4.78, 5) is 14.7. The van der Waals surface area contributed by atoms with Crippen molar-refractivity contribution in [2.45, 2.75) is 28.6 Å². The van der Waals surface area contributed by atoms with Gasteiger partial charge < -0.3 is 4.52 Å². The fraction of sp³-hybridized carbons (Fsp3) is 0.333. The second-order valence-electron chi connectivity index (χ2n) is 4.87. The van der Waals surface area contributed by atoms with Crippen LogP contribution in [0.2, 0.25) is 5.02 Å². The predicted molar refractivity (Wildman–Crippen MR) is 86.9 cm³/mol. The molecular formula is C15H14ClNO2S2. The standard InChI is InChI=1S/C15H14ClNO2S2/c1-20-14-9(5-6-11(16)15(14)21-2)12(18)10-7-17-19-13(10)8-3-4-8/h5-8H,3-4H2,1-2H3. The number of nitrogens with zero attached hydrogens (tertiary/aromatic N) is 1. The van der Waals surface area contributed by atoms with E-state index < -0.39 is 0 Å². The lowest BCUT2D eigenvalue weighted by molar-refractivity contribution is 0.103. The largest absolute Gasteiger partial charge is 0.360 e. The highest BCUT2D eigenvalue weighted by atomic mass is 35.5. The maximum Gasteiger partial charge on any atom is 0.199 e. The minimum absolute atomic E-state index is 0.0329. The quantitative estimate of drug-likeness (QED) is 0.573. The van der Waals surface area contributed by atoms with E-state index in [1.54, 1.807) is 23.9 Å². The van der Waals surface area contributed by atoms with Crippen LogP contribution in [0.25, 0.3) is 0 Å². The van der Waals surface area contributed by atoms with Crippen LogP contribution in [-0.4, -0.2) is 23.5 Å². The summed E-state index contributed by atoms with van der Waals surface area (Å²) in [5.41, 5.74) is 1.25. The van der Waals surface area contributed by atoms with Gasteiger partial charge in [-0.1, -0.05) is 16.8 Å². The highest BCUT2D eigenvalue weighted by Crippen LogP contribution is 2.43. The van der Waals surface area contributed by atoms with Crippen molar-refractivity contribution in [3.05, 3.63) is 40.2 Å². The first-order valence-electron chi connectivity index (χ1n) is 6.57. The Balaban J connectivity index is 2.07. The number of hydrogen-bond acceptors (Lipinski definition) is 5. The summed E-state index contributed by atoms with van der Waals surface area (Å²) in [6, 6.07) is 3.57. The van der Waals surface area contributed by atoms with Gasteiger partial charge in [0.25, 0.3) is 0 Å². The van der Waals surface area contributed by atoms with Crippen molar-refractivity contribution in [3.63, 3.8) is 0 Å². The summed E-state index contributed by atoms with van der Waals surface area (Å²) in [5.74, 6) is 1.05. The summed E-state index contributed by atoms with van der Waals surface area (Å²) in [6.07, 6.45) is 7.60. The van der Waals surface area contributed by atoms with Crippen LogP contribution in [0, 0.1) is 0 Å². The van der Waals surface area contributed by atoms with Crippen LogP contribution in [0.1, 0.15) is 40.4 Å². The first-order valence-corrected chi connectivity index (χ1v) is 9.39. The topological polar surface area (TPSA) is 43.1 Å². The maximum atomic E-state index is 12.9. The number of ketones is 1. The van der Waals surface area contributed by atoms with Gasteiger partial charge in [-0.25, -0.2) is 0 Å². The lowest BCUT2D eigenvalue weighted by Gasteiger charge is -2.12. The molecule has 3 rings (SSSR count). The zero-order valence-electron chi connectivity index (χ0n) is 11.7. The molecule has 0 radical (unpaired) electrons. The maximum absolute atomic E-state index is 12.9. The predicted octanol–water partition coefficient (Wildman–Crippen LogP) is 4.88. The number of hydrogen-bond donors (Lipinski definition) is 0. The van der Waals surface area contributed by atoms with E-state index in [1.807, 2.05) is 12.5 Å². The van der Waals surface area contributed by atoms with Gasteiger partial charge in [0, 0.05) is 21.3 Å². The minimum atomic E-state index is -0.0329. The molecule has 1 aliphatic carbocycles. The van der Waals surface area contributed by atoms with Crippen molar-refractivity contribution in [3.8, 4) is 0 Å². The fourth-order valence-corrected chi connectivity index (χ4v) is 4.49. The molecule has 6 heteroatoms. The normalized spacial score (nSPS) is 14.4. The first kappa shape index (κ1) is 15.0. The van der Waals surface area contributed by atoms with E-state index in [0.717, 1.165) is 28.4 Å². The van der Waals surface area contributed by atoms with Crippen LogP contribution in [0.15, 0.2) is 32.6 Å². The van der Waals surface area contributed by atoms with E-state index in [9.17, 15) is 4.79 Å². The molecule has 0 unspecified atom stereocenters.